The Kier molecular flexibility index (Phi) is 5.31. The maximum Gasteiger partial charge on any atom is 0.292 e. The van der Waals surface area contributed by atoms with E-state index in [1.807, 2.05) is 48.5 Å². The van der Waals surface area contributed by atoms with Gasteiger partial charge in [0.05, 0.1) is 20.5 Å². The Hall–Kier alpha value is -3.58. The quantitative estimate of drug-likeness (QED) is 0.468. The Morgan fingerprint density at radius 1 is 0.966 bits per heavy atom. The Morgan fingerprint density at radius 2 is 1.76 bits per heavy atom. The summed E-state index contributed by atoms with van der Waals surface area (Å²) in [5, 5.41) is 4.31. The molecule has 4 rings (SSSR count). The number of amides is 1. The first kappa shape index (κ1) is 18.8. The molecule has 0 atom stereocenters. The third-order valence-electron chi connectivity index (χ3n) is 4.28. The number of anilines is 1. The number of ether oxygens (including phenoxy) is 2. The van der Waals surface area contributed by atoms with Crippen molar-refractivity contribution in [3.8, 4) is 33.3 Å². The van der Waals surface area contributed by atoms with Crippen LogP contribution in [-0.4, -0.2) is 25.1 Å². The number of nitrogens with zero attached hydrogens (tertiary/aromatic N) is 1. The van der Waals surface area contributed by atoms with Gasteiger partial charge >= 0.3 is 0 Å². The van der Waals surface area contributed by atoms with E-state index in [2.05, 4.69) is 5.32 Å². The summed E-state index contributed by atoms with van der Waals surface area (Å²) in [6, 6.07) is 18.6. The first-order valence-electron chi connectivity index (χ1n) is 8.83. The van der Waals surface area contributed by atoms with Gasteiger partial charge in [0.1, 0.15) is 15.7 Å². The van der Waals surface area contributed by atoms with Gasteiger partial charge in [-0.15, -0.1) is 0 Å². The van der Waals surface area contributed by atoms with Crippen LogP contribution in [0.4, 0.5) is 5.00 Å². The van der Waals surface area contributed by atoms with Crippen molar-refractivity contribution in [3.05, 3.63) is 72.7 Å². The summed E-state index contributed by atoms with van der Waals surface area (Å²) < 4.78 is 15.9. The van der Waals surface area contributed by atoms with Crippen LogP contribution in [-0.2, 0) is 0 Å². The molecule has 2 aromatic heterocycles. The average molecular weight is 406 g/mol. The molecule has 7 heteroatoms. The summed E-state index contributed by atoms with van der Waals surface area (Å²) in [5.41, 5.74) is 2.47. The minimum atomic E-state index is -0.324. The normalized spacial score (nSPS) is 10.6. The van der Waals surface area contributed by atoms with Crippen molar-refractivity contribution in [3.63, 3.8) is 0 Å². The van der Waals surface area contributed by atoms with Crippen LogP contribution in [0, 0.1) is 0 Å². The maximum absolute atomic E-state index is 12.5. The average Bonchev–Trinajstić information content (AvgIpc) is 3.44. The zero-order valence-corrected chi connectivity index (χ0v) is 16.7. The third-order valence-corrected chi connectivity index (χ3v) is 5.30. The lowest BCUT2D eigenvalue weighted by Crippen LogP contribution is -2.10. The van der Waals surface area contributed by atoms with Gasteiger partial charge in [0.2, 0.25) is 0 Å². The minimum absolute atomic E-state index is 0.241. The van der Waals surface area contributed by atoms with Gasteiger partial charge in [-0.25, -0.2) is 4.98 Å². The topological polar surface area (TPSA) is 73.6 Å². The molecule has 0 fully saturated rings. The molecule has 2 aromatic carbocycles. The maximum atomic E-state index is 12.5. The van der Waals surface area contributed by atoms with E-state index in [0.29, 0.717) is 22.2 Å². The van der Waals surface area contributed by atoms with Crippen molar-refractivity contribution in [1.82, 2.24) is 4.98 Å². The number of benzene rings is 2. The summed E-state index contributed by atoms with van der Waals surface area (Å²) >= 11 is 1.38. The Labute approximate surface area is 171 Å². The molecule has 0 radical (unpaired) electrons. The number of hydrogen-bond acceptors (Lipinski definition) is 6. The Bertz CT molecular complexity index is 1120. The second-order valence-corrected chi connectivity index (χ2v) is 7.06. The van der Waals surface area contributed by atoms with E-state index in [-0.39, 0.29) is 11.7 Å². The van der Waals surface area contributed by atoms with Crippen LogP contribution in [0.1, 0.15) is 10.6 Å². The Balaban J connectivity index is 1.76. The number of furan rings is 1. The van der Waals surface area contributed by atoms with Crippen molar-refractivity contribution in [2.24, 2.45) is 0 Å². The number of nitrogens with one attached hydrogen (secondary N) is 1. The molecule has 29 heavy (non-hydrogen) atoms. The molecule has 0 unspecified atom stereocenters. The van der Waals surface area contributed by atoms with Crippen molar-refractivity contribution >= 4 is 22.2 Å². The van der Waals surface area contributed by atoms with Gasteiger partial charge in [-0.2, -0.15) is 0 Å². The number of thiazole rings is 1. The molecule has 0 bridgehead atoms. The number of methoxy groups -OCH3 is 2. The smallest absolute Gasteiger partial charge is 0.292 e. The summed E-state index contributed by atoms with van der Waals surface area (Å²) in [4.78, 5) is 17.3. The molecule has 0 saturated carbocycles. The number of rotatable bonds is 6. The molecule has 0 aliphatic rings. The third kappa shape index (κ3) is 3.86. The van der Waals surface area contributed by atoms with Gasteiger partial charge in [-0.3, -0.25) is 4.79 Å². The second-order valence-electron chi connectivity index (χ2n) is 6.06. The van der Waals surface area contributed by atoms with E-state index < -0.39 is 0 Å². The highest BCUT2D eigenvalue weighted by Gasteiger charge is 2.19. The highest BCUT2D eigenvalue weighted by molar-refractivity contribution is 7.19. The Morgan fingerprint density at radius 3 is 2.45 bits per heavy atom. The van der Waals surface area contributed by atoms with Gasteiger partial charge in [0.25, 0.3) is 5.91 Å². The van der Waals surface area contributed by atoms with Crippen LogP contribution >= 0.6 is 11.3 Å². The van der Waals surface area contributed by atoms with Crippen LogP contribution < -0.4 is 14.8 Å². The largest absolute Gasteiger partial charge is 0.493 e. The van der Waals surface area contributed by atoms with Crippen LogP contribution in [0.25, 0.3) is 21.8 Å². The molecule has 1 N–H and O–H groups in total. The monoisotopic (exact) mass is 406 g/mol. The molecule has 1 amide bonds. The zero-order chi connectivity index (χ0) is 20.2. The van der Waals surface area contributed by atoms with Gasteiger partial charge in [-0.05, 0) is 30.3 Å². The number of carbonyl (C=O) groups excluding carboxylic acids is 1. The molecule has 2 heterocycles. The fourth-order valence-electron chi connectivity index (χ4n) is 2.86. The standard InChI is InChI=1S/C22H18N2O4S/c1-26-16-11-10-15(13-18(16)27-2)21-23-19(14-7-4-3-5-8-14)22(29-21)24-20(25)17-9-6-12-28-17/h3-13H,1-2H3,(H,24,25). The van der Waals surface area contributed by atoms with Crippen molar-refractivity contribution in [2.45, 2.75) is 0 Å². The van der Waals surface area contributed by atoms with Crippen LogP contribution in [0.3, 0.4) is 0 Å². The number of carbonyl (C=O) groups is 1. The second kappa shape index (κ2) is 8.20. The van der Waals surface area contributed by atoms with E-state index in [9.17, 15) is 4.79 Å². The van der Waals surface area contributed by atoms with E-state index in [1.54, 1.807) is 26.4 Å². The molecule has 0 aliphatic heterocycles. The molecule has 4 aromatic rings. The highest BCUT2D eigenvalue weighted by atomic mass is 32.1. The molecule has 6 nitrogen and oxygen atoms in total. The fourth-order valence-corrected chi connectivity index (χ4v) is 3.84. The molecule has 0 aliphatic carbocycles. The molecule has 0 saturated heterocycles. The van der Waals surface area contributed by atoms with Gasteiger partial charge in [-0.1, -0.05) is 41.7 Å². The van der Waals surface area contributed by atoms with Crippen molar-refractivity contribution in [2.75, 3.05) is 19.5 Å². The van der Waals surface area contributed by atoms with E-state index in [4.69, 9.17) is 18.9 Å². The summed E-state index contributed by atoms with van der Waals surface area (Å²) in [5.74, 6) is 1.17. The lowest BCUT2D eigenvalue weighted by Gasteiger charge is -2.08. The van der Waals surface area contributed by atoms with Gasteiger partial charge < -0.3 is 19.2 Å². The zero-order valence-electron chi connectivity index (χ0n) is 15.8. The van der Waals surface area contributed by atoms with Crippen LogP contribution in [0.15, 0.2) is 71.3 Å². The lowest BCUT2D eigenvalue weighted by atomic mass is 10.1. The molecule has 146 valence electrons. The summed E-state index contributed by atoms with van der Waals surface area (Å²) in [6.07, 6.45) is 1.47. The summed E-state index contributed by atoms with van der Waals surface area (Å²) in [7, 11) is 3.19. The van der Waals surface area contributed by atoms with E-state index >= 15 is 0 Å². The molecular weight excluding hydrogens is 388 g/mol. The van der Waals surface area contributed by atoms with Crippen LogP contribution in [0.5, 0.6) is 11.5 Å². The summed E-state index contributed by atoms with van der Waals surface area (Å²) in [6.45, 7) is 0. The first-order valence-corrected chi connectivity index (χ1v) is 9.64. The van der Waals surface area contributed by atoms with Gasteiger partial charge in [0.15, 0.2) is 17.3 Å². The fraction of sp³-hybridized carbons (Fsp3) is 0.0909. The number of aromatic nitrogens is 1. The lowest BCUT2D eigenvalue weighted by molar-refractivity contribution is 0.0997. The predicted octanol–water partition coefficient (Wildman–Crippen LogP) is 5.34. The first-order chi connectivity index (χ1) is 14.2. The van der Waals surface area contributed by atoms with Gasteiger partial charge in [0, 0.05) is 11.1 Å². The molecular formula is C22H18N2O4S. The van der Waals surface area contributed by atoms with Crippen LogP contribution in [0.2, 0.25) is 0 Å². The van der Waals surface area contributed by atoms with E-state index in [0.717, 1.165) is 16.1 Å². The predicted molar refractivity (Wildman–Crippen MR) is 113 cm³/mol. The minimum Gasteiger partial charge on any atom is -0.493 e. The SMILES string of the molecule is COc1ccc(-c2nc(-c3ccccc3)c(NC(=O)c3ccco3)s2)cc1OC. The highest BCUT2D eigenvalue weighted by Crippen LogP contribution is 2.40. The van der Waals surface area contributed by atoms with E-state index in [1.165, 1.54) is 17.6 Å². The van der Waals surface area contributed by atoms with Crippen molar-refractivity contribution < 1.29 is 18.7 Å². The van der Waals surface area contributed by atoms with Crippen molar-refractivity contribution in [1.29, 1.82) is 0 Å². The molecule has 0 spiro atoms. The number of hydrogen-bond donors (Lipinski definition) is 1.